The van der Waals surface area contributed by atoms with Gasteiger partial charge in [-0.1, -0.05) is 33.6 Å². The summed E-state index contributed by atoms with van der Waals surface area (Å²) >= 11 is 3.32. The van der Waals surface area contributed by atoms with Crippen molar-refractivity contribution in [2.45, 2.75) is 19.1 Å². The molecule has 1 atom stereocenters. The van der Waals surface area contributed by atoms with Crippen LogP contribution in [0.1, 0.15) is 28.3 Å². The second kappa shape index (κ2) is 5.54. The molecule has 1 unspecified atom stereocenters. The lowest BCUT2D eigenvalue weighted by Crippen LogP contribution is -2.19. The molecule has 0 spiro atoms. The lowest BCUT2D eigenvalue weighted by molar-refractivity contribution is -0.138. The number of hydrogen-bond acceptors (Lipinski definition) is 2. The molecule has 0 aliphatic heterocycles. The van der Waals surface area contributed by atoms with Gasteiger partial charge < -0.3 is 5.73 Å². The summed E-state index contributed by atoms with van der Waals surface area (Å²) < 4.78 is 39.7. The van der Waals surface area contributed by atoms with Crippen molar-refractivity contribution in [1.29, 1.82) is 0 Å². The average Bonchev–Trinajstić information content (AvgIpc) is 2.40. The third kappa shape index (κ3) is 3.02. The number of nitrogens with zero attached hydrogens (tertiary/aromatic N) is 1. The van der Waals surface area contributed by atoms with Crippen molar-refractivity contribution in [1.82, 2.24) is 4.98 Å². The zero-order valence-corrected chi connectivity index (χ0v) is 12.2. The minimum absolute atomic E-state index is 0.0358. The van der Waals surface area contributed by atoms with Crippen LogP contribution in [0.25, 0.3) is 0 Å². The first-order valence-electron chi connectivity index (χ1n) is 5.83. The van der Waals surface area contributed by atoms with Gasteiger partial charge in [0.25, 0.3) is 0 Å². The van der Waals surface area contributed by atoms with Crippen LogP contribution in [0.4, 0.5) is 13.2 Å². The maximum atomic E-state index is 13.0. The molecular formula is C14H12BrF3N2. The Bertz CT molecular complexity index is 626. The molecule has 0 saturated heterocycles. The third-order valence-electron chi connectivity index (χ3n) is 2.98. The molecular weight excluding hydrogens is 333 g/mol. The number of hydrogen-bond donors (Lipinski definition) is 1. The fourth-order valence-electron chi connectivity index (χ4n) is 1.98. The predicted molar refractivity (Wildman–Crippen MR) is 74.1 cm³/mol. The van der Waals surface area contributed by atoms with Gasteiger partial charge >= 0.3 is 6.18 Å². The highest BCUT2D eigenvalue weighted by molar-refractivity contribution is 9.10. The van der Waals surface area contributed by atoms with Crippen molar-refractivity contribution in [3.63, 3.8) is 0 Å². The van der Waals surface area contributed by atoms with Crippen LogP contribution in [0.15, 0.2) is 41.1 Å². The predicted octanol–water partition coefficient (Wildman–Crippen LogP) is 4.22. The number of alkyl halides is 3. The van der Waals surface area contributed by atoms with Crippen LogP contribution < -0.4 is 5.73 Å². The minimum atomic E-state index is -4.45. The Morgan fingerprint density at radius 3 is 2.55 bits per heavy atom. The van der Waals surface area contributed by atoms with E-state index in [1.54, 1.807) is 12.1 Å². The van der Waals surface area contributed by atoms with Crippen LogP contribution in [0.2, 0.25) is 0 Å². The lowest BCUT2D eigenvalue weighted by Gasteiger charge is -2.19. The van der Waals surface area contributed by atoms with Gasteiger partial charge in [0, 0.05) is 22.4 Å². The topological polar surface area (TPSA) is 38.9 Å². The Kier molecular flexibility index (Phi) is 4.15. The monoisotopic (exact) mass is 344 g/mol. The van der Waals surface area contributed by atoms with E-state index in [0.29, 0.717) is 10.0 Å². The summed E-state index contributed by atoms with van der Waals surface area (Å²) in [6.45, 7) is 1.86. The standard InChI is InChI=1S/C14H12BrF3N2/c1-8-2-3-12(15)9(6-8)13(19)10-7-20-5-4-11(10)14(16,17)18/h2-7,13H,19H2,1H3. The van der Waals surface area contributed by atoms with E-state index in [9.17, 15) is 13.2 Å². The van der Waals surface area contributed by atoms with Gasteiger partial charge in [-0.2, -0.15) is 13.2 Å². The molecule has 20 heavy (non-hydrogen) atoms. The Morgan fingerprint density at radius 2 is 1.90 bits per heavy atom. The van der Waals surface area contributed by atoms with Crippen molar-refractivity contribution >= 4 is 15.9 Å². The SMILES string of the molecule is Cc1ccc(Br)c(C(N)c2cnccc2C(F)(F)F)c1. The van der Waals surface area contributed by atoms with Crippen molar-refractivity contribution < 1.29 is 13.2 Å². The molecule has 0 saturated carbocycles. The Hall–Kier alpha value is -1.40. The summed E-state index contributed by atoms with van der Waals surface area (Å²) in [5.74, 6) is 0. The molecule has 0 aliphatic rings. The first-order valence-corrected chi connectivity index (χ1v) is 6.62. The highest BCUT2D eigenvalue weighted by Crippen LogP contribution is 2.36. The van der Waals surface area contributed by atoms with Crippen LogP contribution in [-0.4, -0.2) is 4.98 Å². The zero-order valence-electron chi connectivity index (χ0n) is 10.6. The first kappa shape index (κ1) is 15.0. The summed E-state index contributed by atoms with van der Waals surface area (Å²) in [5, 5.41) is 0. The van der Waals surface area contributed by atoms with Crippen molar-refractivity contribution in [2.75, 3.05) is 0 Å². The molecule has 1 aromatic heterocycles. The molecule has 2 rings (SSSR count). The average molecular weight is 345 g/mol. The number of benzene rings is 1. The van der Waals surface area contributed by atoms with E-state index in [4.69, 9.17) is 5.73 Å². The molecule has 2 nitrogen and oxygen atoms in total. The van der Waals surface area contributed by atoms with E-state index in [1.807, 2.05) is 13.0 Å². The number of nitrogens with two attached hydrogens (primary N) is 1. The fourth-order valence-corrected chi connectivity index (χ4v) is 2.47. The van der Waals surface area contributed by atoms with Crippen molar-refractivity contribution in [3.05, 3.63) is 63.4 Å². The minimum Gasteiger partial charge on any atom is -0.320 e. The second-order valence-corrected chi connectivity index (χ2v) is 5.32. The molecule has 0 bridgehead atoms. The maximum absolute atomic E-state index is 13.0. The van der Waals surface area contributed by atoms with E-state index >= 15 is 0 Å². The fraction of sp³-hybridized carbons (Fsp3) is 0.214. The van der Waals surface area contributed by atoms with E-state index in [0.717, 1.165) is 17.8 Å². The first-order chi connectivity index (χ1) is 9.30. The van der Waals surface area contributed by atoms with Crippen molar-refractivity contribution in [2.24, 2.45) is 5.73 Å². The normalized spacial score (nSPS) is 13.3. The molecule has 2 N–H and O–H groups in total. The molecule has 106 valence electrons. The van der Waals surface area contributed by atoms with Gasteiger partial charge in [-0.25, -0.2) is 0 Å². The smallest absolute Gasteiger partial charge is 0.320 e. The van der Waals surface area contributed by atoms with Gasteiger partial charge in [0.1, 0.15) is 0 Å². The number of pyridine rings is 1. The van der Waals surface area contributed by atoms with E-state index < -0.39 is 17.8 Å². The van der Waals surface area contributed by atoms with E-state index in [1.165, 1.54) is 6.20 Å². The Labute approximate surface area is 123 Å². The number of aryl methyl sites for hydroxylation is 1. The molecule has 1 heterocycles. The van der Waals surface area contributed by atoms with Gasteiger partial charge in [-0.3, -0.25) is 4.98 Å². The van der Waals surface area contributed by atoms with Crippen LogP contribution in [-0.2, 0) is 6.18 Å². The molecule has 1 aromatic carbocycles. The van der Waals surface area contributed by atoms with Gasteiger partial charge in [-0.15, -0.1) is 0 Å². The van der Waals surface area contributed by atoms with E-state index in [2.05, 4.69) is 20.9 Å². The molecule has 0 fully saturated rings. The molecule has 2 aromatic rings. The largest absolute Gasteiger partial charge is 0.416 e. The number of rotatable bonds is 2. The van der Waals surface area contributed by atoms with Crippen LogP contribution in [0, 0.1) is 6.92 Å². The summed E-state index contributed by atoms with van der Waals surface area (Å²) in [7, 11) is 0. The third-order valence-corrected chi connectivity index (χ3v) is 3.70. The maximum Gasteiger partial charge on any atom is 0.416 e. The number of halogens is 4. The summed E-state index contributed by atoms with van der Waals surface area (Å²) in [6.07, 6.45) is -2.17. The van der Waals surface area contributed by atoms with Gasteiger partial charge in [0.05, 0.1) is 11.6 Å². The van der Waals surface area contributed by atoms with Gasteiger partial charge in [0.15, 0.2) is 0 Å². The quantitative estimate of drug-likeness (QED) is 0.885. The summed E-state index contributed by atoms with van der Waals surface area (Å²) in [5.41, 5.74) is 6.75. The number of aromatic nitrogens is 1. The molecule has 6 heteroatoms. The Balaban J connectivity index is 2.54. The lowest BCUT2D eigenvalue weighted by atomic mass is 9.95. The molecule has 0 radical (unpaired) electrons. The van der Waals surface area contributed by atoms with Gasteiger partial charge in [-0.05, 0) is 24.6 Å². The molecule has 0 amide bonds. The Morgan fingerprint density at radius 1 is 1.20 bits per heavy atom. The summed E-state index contributed by atoms with van der Waals surface area (Å²) in [4.78, 5) is 3.76. The van der Waals surface area contributed by atoms with Crippen LogP contribution in [0.5, 0.6) is 0 Å². The zero-order chi connectivity index (χ0) is 14.9. The van der Waals surface area contributed by atoms with Crippen molar-refractivity contribution in [3.8, 4) is 0 Å². The van der Waals surface area contributed by atoms with Gasteiger partial charge in [0.2, 0.25) is 0 Å². The highest BCUT2D eigenvalue weighted by Gasteiger charge is 2.35. The second-order valence-electron chi connectivity index (χ2n) is 4.46. The van der Waals surface area contributed by atoms with Crippen LogP contribution in [0.3, 0.4) is 0 Å². The highest BCUT2D eigenvalue weighted by atomic mass is 79.9. The van der Waals surface area contributed by atoms with Crippen LogP contribution >= 0.6 is 15.9 Å². The molecule has 0 aliphatic carbocycles. The summed E-state index contributed by atoms with van der Waals surface area (Å²) in [6, 6.07) is 5.44. The van der Waals surface area contributed by atoms with E-state index in [-0.39, 0.29) is 5.56 Å².